The smallest absolute Gasteiger partial charge is 0.220 e. The standard InChI is InChI=1S/C14H22N2O/c1-3-11(2)10-16-14(17)8-7-12-5-4-6-13(15)9-12/h4-6,9,11H,3,7-8,10,15H2,1-2H3,(H,16,17). The van der Waals surface area contributed by atoms with Gasteiger partial charge in [-0.25, -0.2) is 0 Å². The van der Waals surface area contributed by atoms with Crippen molar-refractivity contribution in [1.29, 1.82) is 0 Å². The Morgan fingerprint density at radius 1 is 1.47 bits per heavy atom. The summed E-state index contributed by atoms with van der Waals surface area (Å²) in [4.78, 5) is 11.6. The number of nitrogen functional groups attached to an aromatic ring is 1. The monoisotopic (exact) mass is 234 g/mol. The van der Waals surface area contributed by atoms with E-state index in [9.17, 15) is 4.79 Å². The molecule has 17 heavy (non-hydrogen) atoms. The van der Waals surface area contributed by atoms with Crippen molar-refractivity contribution < 1.29 is 4.79 Å². The number of carbonyl (C=O) groups is 1. The zero-order chi connectivity index (χ0) is 12.7. The molecule has 1 rings (SSSR count). The van der Waals surface area contributed by atoms with Crippen molar-refractivity contribution in [2.75, 3.05) is 12.3 Å². The van der Waals surface area contributed by atoms with Gasteiger partial charge >= 0.3 is 0 Å². The molecule has 0 spiro atoms. The molecule has 0 saturated carbocycles. The third kappa shape index (κ3) is 5.38. The Kier molecular flexibility index (Phi) is 5.53. The number of nitrogens with one attached hydrogen (secondary N) is 1. The first-order chi connectivity index (χ1) is 8.11. The van der Waals surface area contributed by atoms with Crippen LogP contribution in [0.2, 0.25) is 0 Å². The number of carbonyl (C=O) groups excluding carboxylic acids is 1. The number of hydrogen-bond donors (Lipinski definition) is 2. The molecule has 0 aliphatic heterocycles. The summed E-state index contributed by atoms with van der Waals surface area (Å²) < 4.78 is 0. The highest BCUT2D eigenvalue weighted by molar-refractivity contribution is 5.76. The second kappa shape index (κ2) is 6.94. The molecular weight excluding hydrogens is 212 g/mol. The van der Waals surface area contributed by atoms with Gasteiger partial charge in [0, 0.05) is 18.7 Å². The quantitative estimate of drug-likeness (QED) is 0.742. The van der Waals surface area contributed by atoms with Crippen LogP contribution in [0.25, 0.3) is 0 Å². The maximum absolute atomic E-state index is 11.6. The lowest BCUT2D eigenvalue weighted by molar-refractivity contribution is -0.121. The average Bonchev–Trinajstić information content (AvgIpc) is 2.33. The van der Waals surface area contributed by atoms with Gasteiger partial charge in [-0.05, 0) is 30.0 Å². The summed E-state index contributed by atoms with van der Waals surface area (Å²) in [6, 6.07) is 7.69. The van der Waals surface area contributed by atoms with Crippen LogP contribution in [0.3, 0.4) is 0 Å². The molecule has 1 unspecified atom stereocenters. The fourth-order valence-electron chi connectivity index (χ4n) is 1.53. The number of benzene rings is 1. The minimum atomic E-state index is 0.118. The van der Waals surface area contributed by atoms with Gasteiger partial charge in [0.15, 0.2) is 0 Å². The number of amides is 1. The van der Waals surface area contributed by atoms with Crippen molar-refractivity contribution >= 4 is 11.6 Å². The maximum atomic E-state index is 11.6. The largest absolute Gasteiger partial charge is 0.399 e. The van der Waals surface area contributed by atoms with E-state index in [4.69, 9.17) is 5.73 Å². The van der Waals surface area contributed by atoms with Gasteiger partial charge in [0.25, 0.3) is 0 Å². The molecule has 0 radical (unpaired) electrons. The van der Waals surface area contributed by atoms with Crippen molar-refractivity contribution in [3.63, 3.8) is 0 Å². The van der Waals surface area contributed by atoms with Crippen LogP contribution < -0.4 is 11.1 Å². The molecule has 0 heterocycles. The lowest BCUT2D eigenvalue weighted by Crippen LogP contribution is -2.28. The Morgan fingerprint density at radius 3 is 2.88 bits per heavy atom. The van der Waals surface area contributed by atoms with Crippen molar-refractivity contribution in [1.82, 2.24) is 5.32 Å². The van der Waals surface area contributed by atoms with E-state index in [2.05, 4.69) is 19.2 Å². The van der Waals surface area contributed by atoms with Gasteiger partial charge in [0.2, 0.25) is 5.91 Å². The zero-order valence-corrected chi connectivity index (χ0v) is 10.7. The number of hydrogen-bond acceptors (Lipinski definition) is 2. The van der Waals surface area contributed by atoms with Crippen LogP contribution in [-0.2, 0) is 11.2 Å². The van der Waals surface area contributed by atoms with Crippen molar-refractivity contribution in [2.24, 2.45) is 5.92 Å². The molecular formula is C14H22N2O. The Balaban J connectivity index is 2.28. The number of nitrogens with two attached hydrogens (primary N) is 1. The molecule has 0 aromatic heterocycles. The predicted molar refractivity (Wildman–Crippen MR) is 71.6 cm³/mol. The SMILES string of the molecule is CCC(C)CNC(=O)CCc1cccc(N)c1. The molecule has 1 atom stereocenters. The topological polar surface area (TPSA) is 55.1 Å². The highest BCUT2D eigenvalue weighted by Gasteiger charge is 2.04. The van der Waals surface area contributed by atoms with Crippen LogP contribution in [0.1, 0.15) is 32.3 Å². The zero-order valence-electron chi connectivity index (χ0n) is 10.7. The first kappa shape index (κ1) is 13.6. The lowest BCUT2D eigenvalue weighted by atomic mass is 10.1. The number of anilines is 1. The normalized spacial score (nSPS) is 12.1. The van der Waals surface area contributed by atoms with Crippen LogP contribution >= 0.6 is 0 Å². The van der Waals surface area contributed by atoms with E-state index in [0.717, 1.165) is 30.6 Å². The molecule has 0 bridgehead atoms. The van der Waals surface area contributed by atoms with Crippen LogP contribution in [0.4, 0.5) is 5.69 Å². The summed E-state index contributed by atoms with van der Waals surface area (Å²) in [6.45, 7) is 5.04. The summed E-state index contributed by atoms with van der Waals surface area (Å²) in [5.41, 5.74) is 7.55. The minimum Gasteiger partial charge on any atom is -0.399 e. The molecule has 0 fully saturated rings. The molecule has 1 aromatic carbocycles. The molecule has 0 aliphatic carbocycles. The Morgan fingerprint density at radius 2 is 2.24 bits per heavy atom. The molecule has 0 aliphatic rings. The first-order valence-electron chi connectivity index (χ1n) is 6.23. The Labute approximate surface area is 103 Å². The van der Waals surface area contributed by atoms with Crippen molar-refractivity contribution in [2.45, 2.75) is 33.1 Å². The van der Waals surface area contributed by atoms with E-state index < -0.39 is 0 Å². The summed E-state index contributed by atoms with van der Waals surface area (Å²) in [5.74, 6) is 0.666. The molecule has 94 valence electrons. The van der Waals surface area contributed by atoms with Gasteiger partial charge in [-0.1, -0.05) is 32.4 Å². The number of rotatable bonds is 6. The Bertz CT molecular complexity index is 363. The lowest BCUT2D eigenvalue weighted by Gasteiger charge is -2.10. The van der Waals surface area contributed by atoms with Crippen molar-refractivity contribution in [3.8, 4) is 0 Å². The third-order valence-corrected chi connectivity index (χ3v) is 2.94. The predicted octanol–water partition coefficient (Wildman–Crippen LogP) is 2.36. The van der Waals surface area contributed by atoms with E-state index in [0.29, 0.717) is 12.3 Å². The first-order valence-corrected chi connectivity index (χ1v) is 6.23. The molecule has 1 amide bonds. The highest BCUT2D eigenvalue weighted by Crippen LogP contribution is 2.08. The summed E-state index contributed by atoms with van der Waals surface area (Å²) in [7, 11) is 0. The van der Waals surface area contributed by atoms with E-state index in [1.807, 2.05) is 24.3 Å². The average molecular weight is 234 g/mol. The molecule has 1 aromatic rings. The highest BCUT2D eigenvalue weighted by atomic mass is 16.1. The fraction of sp³-hybridized carbons (Fsp3) is 0.500. The molecule has 0 saturated heterocycles. The molecule has 3 heteroatoms. The summed E-state index contributed by atoms with van der Waals surface area (Å²) >= 11 is 0. The maximum Gasteiger partial charge on any atom is 0.220 e. The molecule has 3 N–H and O–H groups in total. The van der Waals surface area contributed by atoms with Gasteiger partial charge in [-0.2, -0.15) is 0 Å². The van der Waals surface area contributed by atoms with E-state index in [-0.39, 0.29) is 5.91 Å². The minimum absolute atomic E-state index is 0.118. The second-order valence-electron chi connectivity index (χ2n) is 4.56. The van der Waals surface area contributed by atoms with Gasteiger partial charge in [0.05, 0.1) is 0 Å². The summed E-state index contributed by atoms with van der Waals surface area (Å²) in [5, 5.41) is 2.95. The van der Waals surface area contributed by atoms with Gasteiger partial charge in [-0.3, -0.25) is 4.79 Å². The van der Waals surface area contributed by atoms with Crippen LogP contribution in [-0.4, -0.2) is 12.5 Å². The Hall–Kier alpha value is -1.51. The van der Waals surface area contributed by atoms with Gasteiger partial charge in [-0.15, -0.1) is 0 Å². The van der Waals surface area contributed by atoms with Crippen LogP contribution in [0.5, 0.6) is 0 Å². The van der Waals surface area contributed by atoms with E-state index in [1.165, 1.54) is 0 Å². The van der Waals surface area contributed by atoms with E-state index in [1.54, 1.807) is 0 Å². The summed E-state index contributed by atoms with van der Waals surface area (Å²) in [6.07, 6.45) is 2.37. The van der Waals surface area contributed by atoms with Crippen LogP contribution in [0.15, 0.2) is 24.3 Å². The van der Waals surface area contributed by atoms with E-state index >= 15 is 0 Å². The molecule has 3 nitrogen and oxygen atoms in total. The van der Waals surface area contributed by atoms with Gasteiger partial charge in [0.1, 0.15) is 0 Å². The van der Waals surface area contributed by atoms with Gasteiger partial charge < -0.3 is 11.1 Å². The van der Waals surface area contributed by atoms with Crippen LogP contribution in [0, 0.1) is 5.92 Å². The number of aryl methyl sites for hydroxylation is 1. The van der Waals surface area contributed by atoms with Crippen molar-refractivity contribution in [3.05, 3.63) is 29.8 Å². The second-order valence-corrected chi connectivity index (χ2v) is 4.56. The fourth-order valence-corrected chi connectivity index (χ4v) is 1.53. The third-order valence-electron chi connectivity index (χ3n) is 2.94.